The highest BCUT2D eigenvalue weighted by molar-refractivity contribution is 5.90. The summed E-state index contributed by atoms with van der Waals surface area (Å²) < 4.78 is 11.4. The van der Waals surface area contributed by atoms with Crippen LogP contribution in [0.5, 0.6) is 11.5 Å². The van der Waals surface area contributed by atoms with Crippen LogP contribution in [-0.4, -0.2) is 61.1 Å². The van der Waals surface area contributed by atoms with Gasteiger partial charge in [-0.05, 0) is 94.4 Å². The average molecular weight is 547 g/mol. The molecule has 0 radical (unpaired) electrons. The molecule has 2 aliphatic rings. The highest BCUT2D eigenvalue weighted by Crippen LogP contribution is 2.38. The van der Waals surface area contributed by atoms with Crippen LogP contribution in [0.15, 0.2) is 42.5 Å². The van der Waals surface area contributed by atoms with Crippen molar-refractivity contribution in [2.45, 2.75) is 65.0 Å². The third kappa shape index (κ3) is 6.12. The number of H-pyrrole nitrogens is 1. The zero-order valence-electron chi connectivity index (χ0n) is 24.0. The molecule has 2 aliphatic heterocycles. The van der Waals surface area contributed by atoms with Gasteiger partial charge in [0.2, 0.25) is 11.8 Å². The summed E-state index contributed by atoms with van der Waals surface area (Å²) in [5.74, 6) is 1.56. The van der Waals surface area contributed by atoms with E-state index in [1.165, 1.54) is 22.2 Å². The number of carbonyl (C=O) groups is 2. The molecular formula is C32H42N4O4. The van der Waals surface area contributed by atoms with E-state index in [1.54, 1.807) is 14.0 Å². The number of piperidine rings is 1. The number of rotatable bonds is 3. The summed E-state index contributed by atoms with van der Waals surface area (Å²) in [4.78, 5) is 32.5. The second kappa shape index (κ2) is 12.3. The van der Waals surface area contributed by atoms with E-state index in [0.29, 0.717) is 13.2 Å². The van der Waals surface area contributed by atoms with Crippen LogP contribution >= 0.6 is 0 Å². The third-order valence-electron chi connectivity index (χ3n) is 8.77. The molecule has 3 aromatic rings. The molecule has 1 spiro atoms. The standard InChI is InChI=1S/C32H42N4O4/c1-22-26-20-25(39-3)11-12-27(26)35-28(22)21-36-17-14-32(15-18-36)13-7-6-9-24-8-4-5-10-29(24)40-19-16-33-30(37)23(2)34-31(32)38/h4-5,8,10-12,20,23,35H,6-7,9,13-19,21H2,1-3H3,(H,33,37)(H,34,38)/t23-/m0/s1. The van der Waals surface area contributed by atoms with Crippen LogP contribution in [0.3, 0.4) is 0 Å². The molecule has 3 N–H and O–H groups in total. The van der Waals surface area contributed by atoms with Gasteiger partial charge in [0.25, 0.3) is 0 Å². The first-order valence-electron chi connectivity index (χ1n) is 14.6. The molecule has 5 rings (SSSR count). The summed E-state index contributed by atoms with van der Waals surface area (Å²) >= 11 is 0. The fourth-order valence-electron chi connectivity index (χ4n) is 6.13. The fraction of sp³-hybridized carbons (Fsp3) is 0.500. The minimum atomic E-state index is -0.592. The van der Waals surface area contributed by atoms with Gasteiger partial charge in [-0.2, -0.15) is 0 Å². The zero-order valence-corrected chi connectivity index (χ0v) is 24.0. The summed E-state index contributed by atoms with van der Waals surface area (Å²) in [6.45, 7) is 7.20. The van der Waals surface area contributed by atoms with E-state index < -0.39 is 11.5 Å². The van der Waals surface area contributed by atoms with Gasteiger partial charge in [0, 0.05) is 23.1 Å². The smallest absolute Gasteiger partial charge is 0.242 e. The lowest BCUT2D eigenvalue weighted by molar-refractivity contribution is -0.138. The van der Waals surface area contributed by atoms with E-state index >= 15 is 0 Å². The molecule has 214 valence electrons. The number of aromatic nitrogens is 1. The quantitative estimate of drug-likeness (QED) is 0.450. The number of amides is 2. The van der Waals surface area contributed by atoms with Crippen LogP contribution in [0.4, 0.5) is 0 Å². The van der Waals surface area contributed by atoms with E-state index in [-0.39, 0.29) is 11.8 Å². The number of para-hydroxylation sites is 1. The molecule has 8 nitrogen and oxygen atoms in total. The zero-order chi connectivity index (χ0) is 28.1. The summed E-state index contributed by atoms with van der Waals surface area (Å²) in [5.41, 5.74) is 4.27. The SMILES string of the molecule is COc1ccc2[nH]c(CN3CCC4(CCCCc5ccccc5OCCNC(=O)[C@H](C)NC4=O)CC3)c(C)c2c1. The van der Waals surface area contributed by atoms with Crippen molar-refractivity contribution in [2.75, 3.05) is 33.4 Å². The van der Waals surface area contributed by atoms with Crippen molar-refractivity contribution in [1.82, 2.24) is 20.5 Å². The number of benzene rings is 2. The van der Waals surface area contributed by atoms with Gasteiger partial charge in [-0.25, -0.2) is 0 Å². The molecule has 0 aliphatic carbocycles. The van der Waals surface area contributed by atoms with Gasteiger partial charge in [-0.1, -0.05) is 24.6 Å². The molecule has 2 amide bonds. The molecule has 8 heteroatoms. The Kier molecular flexibility index (Phi) is 8.64. The first-order chi connectivity index (χ1) is 19.4. The van der Waals surface area contributed by atoms with E-state index in [9.17, 15) is 9.59 Å². The fourth-order valence-corrected chi connectivity index (χ4v) is 6.13. The minimum Gasteiger partial charge on any atom is -0.497 e. The first kappa shape index (κ1) is 28.0. The Bertz CT molecular complexity index is 1340. The Labute approximate surface area is 236 Å². The summed E-state index contributed by atoms with van der Waals surface area (Å²) in [7, 11) is 1.69. The van der Waals surface area contributed by atoms with Crippen molar-refractivity contribution in [3.63, 3.8) is 0 Å². The van der Waals surface area contributed by atoms with E-state index in [4.69, 9.17) is 9.47 Å². The largest absolute Gasteiger partial charge is 0.497 e. The predicted octanol–water partition coefficient (Wildman–Crippen LogP) is 4.49. The third-order valence-corrected chi connectivity index (χ3v) is 8.77. The lowest BCUT2D eigenvalue weighted by Gasteiger charge is -2.41. The van der Waals surface area contributed by atoms with Crippen molar-refractivity contribution in [3.05, 3.63) is 59.3 Å². The Hall–Kier alpha value is -3.52. The molecular weight excluding hydrogens is 504 g/mol. The lowest BCUT2D eigenvalue weighted by Crippen LogP contribution is -2.53. The number of fused-ring (bicyclic) bond motifs is 2. The Morgan fingerprint density at radius 1 is 1.07 bits per heavy atom. The number of nitrogens with zero attached hydrogens (tertiary/aromatic N) is 1. The summed E-state index contributed by atoms with van der Waals surface area (Å²) in [6.07, 6.45) is 5.22. The maximum absolute atomic E-state index is 13.7. The maximum atomic E-state index is 13.7. The number of likely N-dealkylation sites (tertiary alicyclic amines) is 1. The normalized spacial score (nSPS) is 21.0. The van der Waals surface area contributed by atoms with Crippen LogP contribution in [0.1, 0.15) is 55.8 Å². The second-order valence-electron chi connectivity index (χ2n) is 11.3. The first-order valence-corrected chi connectivity index (χ1v) is 14.6. The van der Waals surface area contributed by atoms with Crippen LogP contribution in [-0.2, 0) is 22.6 Å². The summed E-state index contributed by atoms with van der Waals surface area (Å²) in [5, 5.41) is 7.14. The molecule has 40 heavy (non-hydrogen) atoms. The molecule has 1 aromatic heterocycles. The topological polar surface area (TPSA) is 95.7 Å². The van der Waals surface area contributed by atoms with Crippen LogP contribution in [0.25, 0.3) is 10.9 Å². The Morgan fingerprint density at radius 2 is 1.88 bits per heavy atom. The van der Waals surface area contributed by atoms with Crippen molar-refractivity contribution in [2.24, 2.45) is 5.41 Å². The van der Waals surface area contributed by atoms with Gasteiger partial charge in [0.15, 0.2) is 0 Å². The van der Waals surface area contributed by atoms with E-state index in [2.05, 4.69) is 45.6 Å². The van der Waals surface area contributed by atoms with Gasteiger partial charge in [0.05, 0.1) is 19.1 Å². The number of hydrogen-bond acceptors (Lipinski definition) is 5. The van der Waals surface area contributed by atoms with Crippen molar-refractivity contribution < 1.29 is 19.1 Å². The van der Waals surface area contributed by atoms with E-state index in [1.807, 2.05) is 24.3 Å². The van der Waals surface area contributed by atoms with Gasteiger partial charge < -0.3 is 25.1 Å². The predicted molar refractivity (Wildman–Crippen MR) is 157 cm³/mol. The van der Waals surface area contributed by atoms with Gasteiger partial charge >= 0.3 is 0 Å². The average Bonchev–Trinajstić information content (AvgIpc) is 3.28. The van der Waals surface area contributed by atoms with Crippen molar-refractivity contribution in [3.8, 4) is 11.5 Å². The van der Waals surface area contributed by atoms with Gasteiger partial charge in [0.1, 0.15) is 24.1 Å². The van der Waals surface area contributed by atoms with Crippen molar-refractivity contribution >= 4 is 22.7 Å². The molecule has 1 fully saturated rings. The number of aryl methyl sites for hydroxylation is 2. The second-order valence-corrected chi connectivity index (χ2v) is 11.3. The number of aromatic amines is 1. The molecule has 0 unspecified atom stereocenters. The number of hydrogen-bond donors (Lipinski definition) is 3. The molecule has 0 bridgehead atoms. The van der Waals surface area contributed by atoms with Gasteiger partial charge in [-0.15, -0.1) is 0 Å². The Morgan fingerprint density at radius 3 is 2.67 bits per heavy atom. The number of methoxy groups -OCH3 is 1. The minimum absolute atomic E-state index is 0.00945. The highest BCUT2D eigenvalue weighted by atomic mass is 16.5. The Balaban J connectivity index is 1.28. The van der Waals surface area contributed by atoms with Crippen LogP contribution in [0.2, 0.25) is 0 Å². The maximum Gasteiger partial charge on any atom is 0.242 e. The number of carbonyl (C=O) groups excluding carboxylic acids is 2. The lowest BCUT2D eigenvalue weighted by atomic mass is 9.73. The van der Waals surface area contributed by atoms with E-state index in [0.717, 1.165) is 75.2 Å². The highest BCUT2D eigenvalue weighted by Gasteiger charge is 2.41. The molecule has 1 atom stereocenters. The van der Waals surface area contributed by atoms with Crippen LogP contribution in [0, 0.1) is 12.3 Å². The molecule has 1 saturated heterocycles. The van der Waals surface area contributed by atoms with Crippen molar-refractivity contribution in [1.29, 1.82) is 0 Å². The van der Waals surface area contributed by atoms with Crippen LogP contribution < -0.4 is 20.1 Å². The summed E-state index contributed by atoms with van der Waals surface area (Å²) in [6, 6.07) is 13.7. The molecule has 3 heterocycles. The van der Waals surface area contributed by atoms with Gasteiger partial charge in [-0.3, -0.25) is 14.5 Å². The monoisotopic (exact) mass is 546 g/mol. The molecule has 2 aromatic carbocycles. The number of nitrogens with one attached hydrogen (secondary N) is 3. The number of ether oxygens (including phenoxy) is 2. The molecule has 0 saturated carbocycles.